The number of nitrogens with zero attached hydrogens (tertiary/aromatic N) is 3. The van der Waals surface area contributed by atoms with Gasteiger partial charge in [0.15, 0.2) is 0 Å². The summed E-state index contributed by atoms with van der Waals surface area (Å²) in [5.41, 5.74) is 4.33. The second-order valence-electron chi connectivity index (χ2n) is 11.1. The number of aromatic nitrogens is 1. The van der Waals surface area contributed by atoms with Crippen LogP contribution >= 0.6 is 0 Å². The SMILES string of the molecule is CC(C)(C)c1cc(CN(CCN2CCCC2)Cc2ccccn2)c(O)c(C(C)(C)C)c1. The van der Waals surface area contributed by atoms with Gasteiger partial charge in [0.1, 0.15) is 5.75 Å². The number of hydrogen-bond donors (Lipinski definition) is 1. The third kappa shape index (κ3) is 6.54. The molecule has 0 saturated carbocycles. The van der Waals surface area contributed by atoms with Crippen molar-refractivity contribution in [2.45, 2.75) is 78.3 Å². The van der Waals surface area contributed by atoms with Crippen LogP contribution in [-0.2, 0) is 23.9 Å². The maximum absolute atomic E-state index is 11.3. The standard InChI is InChI=1S/C27H41N3O/c1-26(2,3)22-17-21(25(31)24(18-22)27(4,5)6)19-30(16-15-29-13-9-10-14-29)20-23-11-7-8-12-28-23/h7-8,11-12,17-18,31H,9-10,13-16,19-20H2,1-6H3. The lowest BCUT2D eigenvalue weighted by atomic mass is 9.79. The van der Waals surface area contributed by atoms with Crippen LogP contribution in [0.15, 0.2) is 36.5 Å². The first-order chi connectivity index (χ1) is 14.5. The summed E-state index contributed by atoms with van der Waals surface area (Å²) in [5.74, 6) is 0.452. The van der Waals surface area contributed by atoms with Gasteiger partial charge in [-0.25, -0.2) is 0 Å². The Bertz CT molecular complexity index is 843. The predicted molar refractivity (Wildman–Crippen MR) is 130 cm³/mol. The van der Waals surface area contributed by atoms with E-state index in [4.69, 9.17) is 0 Å². The fourth-order valence-electron chi connectivity index (χ4n) is 4.28. The van der Waals surface area contributed by atoms with Gasteiger partial charge in [-0.15, -0.1) is 0 Å². The number of phenols is 1. The minimum Gasteiger partial charge on any atom is -0.507 e. The molecule has 31 heavy (non-hydrogen) atoms. The largest absolute Gasteiger partial charge is 0.507 e. The van der Waals surface area contributed by atoms with E-state index in [0.29, 0.717) is 5.75 Å². The summed E-state index contributed by atoms with van der Waals surface area (Å²) in [4.78, 5) is 9.55. The van der Waals surface area contributed by atoms with E-state index in [0.717, 1.165) is 43.0 Å². The summed E-state index contributed by atoms with van der Waals surface area (Å²) in [5, 5.41) is 11.3. The van der Waals surface area contributed by atoms with Gasteiger partial charge in [0.05, 0.1) is 5.69 Å². The summed E-state index contributed by atoms with van der Waals surface area (Å²) in [7, 11) is 0. The summed E-state index contributed by atoms with van der Waals surface area (Å²) in [6, 6.07) is 10.5. The number of rotatable bonds is 7. The number of phenolic OH excluding ortho intramolecular Hbond substituents is 1. The van der Waals surface area contributed by atoms with Gasteiger partial charge in [0, 0.05) is 37.9 Å². The van der Waals surface area contributed by atoms with Crippen molar-refractivity contribution >= 4 is 0 Å². The molecule has 0 unspecified atom stereocenters. The Kier molecular flexibility index (Phi) is 7.43. The summed E-state index contributed by atoms with van der Waals surface area (Å²) in [6.07, 6.45) is 4.48. The zero-order valence-electron chi connectivity index (χ0n) is 20.4. The molecule has 0 radical (unpaired) electrons. The first-order valence-electron chi connectivity index (χ1n) is 11.8. The second kappa shape index (κ2) is 9.70. The van der Waals surface area contributed by atoms with Crippen molar-refractivity contribution in [2.24, 2.45) is 0 Å². The topological polar surface area (TPSA) is 39.6 Å². The van der Waals surface area contributed by atoms with Crippen LogP contribution in [0.3, 0.4) is 0 Å². The van der Waals surface area contributed by atoms with Crippen molar-refractivity contribution in [1.82, 2.24) is 14.8 Å². The van der Waals surface area contributed by atoms with Gasteiger partial charge in [-0.05, 0) is 60.0 Å². The van der Waals surface area contributed by atoms with E-state index in [9.17, 15) is 5.11 Å². The van der Waals surface area contributed by atoms with Crippen LogP contribution in [0, 0.1) is 0 Å². The molecule has 0 aliphatic carbocycles. The van der Waals surface area contributed by atoms with E-state index in [-0.39, 0.29) is 10.8 Å². The Morgan fingerprint density at radius 3 is 2.26 bits per heavy atom. The van der Waals surface area contributed by atoms with Crippen LogP contribution in [0.5, 0.6) is 5.75 Å². The van der Waals surface area contributed by atoms with Crippen molar-refractivity contribution in [2.75, 3.05) is 26.2 Å². The first kappa shape index (κ1) is 23.7. The van der Waals surface area contributed by atoms with Gasteiger partial charge in [0.2, 0.25) is 0 Å². The Morgan fingerprint density at radius 1 is 0.968 bits per heavy atom. The zero-order valence-corrected chi connectivity index (χ0v) is 20.4. The highest BCUT2D eigenvalue weighted by atomic mass is 16.3. The van der Waals surface area contributed by atoms with Crippen LogP contribution in [0.1, 0.15) is 76.8 Å². The van der Waals surface area contributed by atoms with E-state index in [1.54, 1.807) is 0 Å². The van der Waals surface area contributed by atoms with E-state index < -0.39 is 0 Å². The molecule has 1 aromatic carbocycles. The fraction of sp³-hybridized carbons (Fsp3) is 0.593. The Morgan fingerprint density at radius 2 is 1.68 bits per heavy atom. The summed E-state index contributed by atoms with van der Waals surface area (Å²) >= 11 is 0. The van der Waals surface area contributed by atoms with Crippen molar-refractivity contribution < 1.29 is 5.11 Å². The molecule has 0 bridgehead atoms. The van der Waals surface area contributed by atoms with E-state index >= 15 is 0 Å². The van der Waals surface area contributed by atoms with E-state index in [1.165, 1.54) is 31.5 Å². The van der Waals surface area contributed by atoms with Gasteiger partial charge < -0.3 is 10.0 Å². The van der Waals surface area contributed by atoms with Crippen LogP contribution in [0.25, 0.3) is 0 Å². The normalized spacial score (nSPS) is 15.7. The average Bonchev–Trinajstić information content (AvgIpc) is 3.20. The molecule has 1 aromatic heterocycles. The molecule has 4 heteroatoms. The third-order valence-corrected chi connectivity index (χ3v) is 6.30. The molecule has 1 saturated heterocycles. The van der Waals surface area contributed by atoms with Gasteiger partial charge >= 0.3 is 0 Å². The second-order valence-corrected chi connectivity index (χ2v) is 11.1. The molecule has 1 N–H and O–H groups in total. The molecule has 0 atom stereocenters. The smallest absolute Gasteiger partial charge is 0.123 e. The molecule has 3 rings (SSSR count). The Hall–Kier alpha value is -1.91. The lowest BCUT2D eigenvalue weighted by Crippen LogP contribution is -2.33. The molecular weight excluding hydrogens is 382 g/mol. The minimum absolute atomic E-state index is 0.0316. The number of benzene rings is 1. The molecule has 4 nitrogen and oxygen atoms in total. The minimum atomic E-state index is -0.110. The number of likely N-dealkylation sites (tertiary alicyclic amines) is 1. The van der Waals surface area contributed by atoms with E-state index in [2.05, 4.69) is 80.6 Å². The van der Waals surface area contributed by atoms with Crippen LogP contribution in [0.4, 0.5) is 0 Å². The monoisotopic (exact) mass is 423 g/mol. The maximum Gasteiger partial charge on any atom is 0.123 e. The molecule has 2 aromatic rings. The number of aromatic hydroxyl groups is 1. The van der Waals surface area contributed by atoms with Crippen molar-refractivity contribution in [1.29, 1.82) is 0 Å². The lowest BCUT2D eigenvalue weighted by Gasteiger charge is -2.30. The fourth-order valence-corrected chi connectivity index (χ4v) is 4.28. The molecule has 0 amide bonds. The number of pyridine rings is 1. The highest BCUT2D eigenvalue weighted by Gasteiger charge is 2.26. The average molecular weight is 424 g/mol. The molecular formula is C27H41N3O. The molecule has 1 fully saturated rings. The highest BCUT2D eigenvalue weighted by Crippen LogP contribution is 2.38. The molecule has 1 aliphatic heterocycles. The number of hydrogen-bond acceptors (Lipinski definition) is 4. The zero-order chi connectivity index (χ0) is 22.6. The molecule has 170 valence electrons. The van der Waals surface area contributed by atoms with Crippen molar-refractivity contribution in [3.63, 3.8) is 0 Å². The molecule has 2 heterocycles. The van der Waals surface area contributed by atoms with Crippen molar-refractivity contribution in [3.8, 4) is 5.75 Å². The van der Waals surface area contributed by atoms with Gasteiger partial charge in [-0.2, -0.15) is 0 Å². The van der Waals surface area contributed by atoms with Crippen LogP contribution < -0.4 is 0 Å². The van der Waals surface area contributed by atoms with Gasteiger partial charge in [0.25, 0.3) is 0 Å². The van der Waals surface area contributed by atoms with Gasteiger partial charge in [-0.3, -0.25) is 9.88 Å². The highest BCUT2D eigenvalue weighted by molar-refractivity contribution is 5.48. The Balaban J connectivity index is 1.90. The molecule has 0 spiro atoms. The predicted octanol–water partition coefficient (Wildman–Crippen LogP) is 5.48. The van der Waals surface area contributed by atoms with Crippen LogP contribution in [0.2, 0.25) is 0 Å². The molecule has 1 aliphatic rings. The van der Waals surface area contributed by atoms with E-state index in [1.807, 2.05) is 12.3 Å². The summed E-state index contributed by atoms with van der Waals surface area (Å²) in [6.45, 7) is 19.2. The van der Waals surface area contributed by atoms with Crippen molar-refractivity contribution in [3.05, 3.63) is 58.9 Å². The van der Waals surface area contributed by atoms with Crippen LogP contribution in [-0.4, -0.2) is 46.1 Å². The lowest BCUT2D eigenvalue weighted by molar-refractivity contribution is 0.208. The Labute approximate surface area is 189 Å². The van der Waals surface area contributed by atoms with Gasteiger partial charge in [-0.1, -0.05) is 59.7 Å². The summed E-state index contributed by atoms with van der Waals surface area (Å²) < 4.78 is 0. The third-order valence-electron chi connectivity index (χ3n) is 6.30. The quantitative estimate of drug-likeness (QED) is 0.640. The first-order valence-corrected chi connectivity index (χ1v) is 11.8. The maximum atomic E-state index is 11.3.